The SMILES string of the molecule is CSc1ncccc1C(=O)Nc1nc(-c2cccc(Nc3ccc(CN)cc3)c2)cs1. The van der Waals surface area contributed by atoms with E-state index >= 15 is 0 Å². The molecule has 6 nitrogen and oxygen atoms in total. The third kappa shape index (κ3) is 5.11. The molecule has 0 aliphatic carbocycles. The van der Waals surface area contributed by atoms with Crippen LogP contribution in [0.2, 0.25) is 0 Å². The molecule has 1 amide bonds. The second kappa shape index (κ2) is 9.74. The van der Waals surface area contributed by atoms with Crippen molar-refractivity contribution in [3.05, 3.63) is 83.4 Å². The molecule has 2 heterocycles. The molecule has 4 N–H and O–H groups in total. The average Bonchev–Trinajstić information content (AvgIpc) is 3.28. The number of anilines is 3. The van der Waals surface area contributed by atoms with Crippen molar-refractivity contribution in [2.75, 3.05) is 16.9 Å². The van der Waals surface area contributed by atoms with Crippen LogP contribution in [0.4, 0.5) is 16.5 Å². The first-order valence-electron chi connectivity index (χ1n) is 9.58. The molecule has 4 aromatic rings. The lowest BCUT2D eigenvalue weighted by molar-refractivity contribution is 0.102. The molecule has 0 aliphatic heterocycles. The first-order chi connectivity index (χ1) is 15.2. The van der Waals surface area contributed by atoms with E-state index in [9.17, 15) is 4.79 Å². The Labute approximate surface area is 189 Å². The predicted octanol–water partition coefficient (Wildman–Crippen LogP) is 5.38. The summed E-state index contributed by atoms with van der Waals surface area (Å²) in [5, 5.41) is 9.44. The fourth-order valence-electron chi connectivity index (χ4n) is 3.00. The van der Waals surface area contributed by atoms with Crippen molar-refractivity contribution < 1.29 is 4.79 Å². The van der Waals surface area contributed by atoms with E-state index in [0.29, 0.717) is 22.3 Å². The monoisotopic (exact) mass is 447 g/mol. The van der Waals surface area contributed by atoms with Crippen LogP contribution in [0.25, 0.3) is 11.3 Å². The van der Waals surface area contributed by atoms with E-state index in [4.69, 9.17) is 5.73 Å². The van der Waals surface area contributed by atoms with E-state index in [1.165, 1.54) is 23.1 Å². The van der Waals surface area contributed by atoms with E-state index in [1.807, 2.05) is 60.2 Å². The molecular weight excluding hydrogens is 426 g/mol. The van der Waals surface area contributed by atoms with Crippen molar-refractivity contribution in [3.63, 3.8) is 0 Å². The van der Waals surface area contributed by atoms with Gasteiger partial charge in [-0.1, -0.05) is 24.3 Å². The minimum absolute atomic E-state index is 0.213. The van der Waals surface area contributed by atoms with Gasteiger partial charge in [0.05, 0.1) is 11.3 Å². The minimum Gasteiger partial charge on any atom is -0.356 e. The second-order valence-corrected chi connectivity index (χ2v) is 8.31. The van der Waals surface area contributed by atoms with Crippen molar-refractivity contribution in [1.29, 1.82) is 0 Å². The van der Waals surface area contributed by atoms with E-state index in [2.05, 4.69) is 20.6 Å². The van der Waals surface area contributed by atoms with Gasteiger partial charge in [0.1, 0.15) is 5.03 Å². The molecule has 8 heteroatoms. The third-order valence-corrected chi connectivity index (χ3v) is 6.04. The molecule has 4 rings (SSSR count). The van der Waals surface area contributed by atoms with Crippen LogP contribution in [0.3, 0.4) is 0 Å². The normalized spacial score (nSPS) is 10.6. The Morgan fingerprint density at radius 2 is 1.94 bits per heavy atom. The molecule has 0 radical (unpaired) electrons. The Bertz CT molecular complexity index is 1190. The van der Waals surface area contributed by atoms with Crippen LogP contribution < -0.4 is 16.4 Å². The number of hydrogen-bond donors (Lipinski definition) is 3. The first-order valence-corrected chi connectivity index (χ1v) is 11.7. The Kier molecular flexibility index (Phi) is 6.61. The first kappa shape index (κ1) is 21.0. The number of hydrogen-bond acceptors (Lipinski definition) is 7. The highest BCUT2D eigenvalue weighted by Gasteiger charge is 2.14. The van der Waals surface area contributed by atoms with Crippen LogP contribution in [-0.2, 0) is 6.54 Å². The number of nitrogens with two attached hydrogens (primary N) is 1. The van der Waals surface area contributed by atoms with E-state index in [1.54, 1.807) is 18.3 Å². The molecule has 2 aromatic carbocycles. The summed E-state index contributed by atoms with van der Waals surface area (Å²) in [7, 11) is 0. The molecule has 2 aromatic heterocycles. The van der Waals surface area contributed by atoms with E-state index < -0.39 is 0 Å². The maximum atomic E-state index is 12.6. The zero-order valence-corrected chi connectivity index (χ0v) is 18.5. The van der Waals surface area contributed by atoms with Crippen LogP contribution in [0.1, 0.15) is 15.9 Å². The standard InChI is InChI=1S/C23H21N5OS2/c1-30-22-19(6-3-11-25-22)21(29)28-23-27-20(14-31-23)16-4-2-5-18(12-16)26-17-9-7-15(13-24)8-10-17/h2-12,14,26H,13,24H2,1H3,(H,27,28,29). The topological polar surface area (TPSA) is 92.9 Å². The minimum atomic E-state index is -0.213. The van der Waals surface area contributed by atoms with Crippen molar-refractivity contribution in [2.45, 2.75) is 11.6 Å². The van der Waals surface area contributed by atoms with Gasteiger partial charge >= 0.3 is 0 Å². The number of pyridine rings is 1. The Morgan fingerprint density at radius 1 is 1.10 bits per heavy atom. The number of aromatic nitrogens is 2. The highest BCUT2D eigenvalue weighted by Crippen LogP contribution is 2.28. The van der Waals surface area contributed by atoms with Gasteiger partial charge in [-0.2, -0.15) is 0 Å². The lowest BCUT2D eigenvalue weighted by Gasteiger charge is -2.08. The van der Waals surface area contributed by atoms with Crippen LogP contribution in [0.15, 0.2) is 77.3 Å². The van der Waals surface area contributed by atoms with Crippen molar-refractivity contribution in [1.82, 2.24) is 9.97 Å². The van der Waals surface area contributed by atoms with Gasteiger partial charge in [-0.25, -0.2) is 9.97 Å². The number of nitrogens with one attached hydrogen (secondary N) is 2. The van der Waals surface area contributed by atoms with Gasteiger partial charge in [0.2, 0.25) is 0 Å². The van der Waals surface area contributed by atoms with Crippen molar-refractivity contribution in [3.8, 4) is 11.3 Å². The van der Waals surface area contributed by atoms with Crippen molar-refractivity contribution >= 4 is 45.5 Å². The molecule has 0 aliphatic rings. The maximum absolute atomic E-state index is 12.6. The maximum Gasteiger partial charge on any atom is 0.260 e. The van der Waals surface area contributed by atoms with Gasteiger partial charge in [0.25, 0.3) is 5.91 Å². The summed E-state index contributed by atoms with van der Waals surface area (Å²) in [6.45, 7) is 0.526. The molecule has 0 fully saturated rings. The highest BCUT2D eigenvalue weighted by molar-refractivity contribution is 7.98. The summed E-state index contributed by atoms with van der Waals surface area (Å²) in [5.41, 5.74) is 11.0. The average molecular weight is 448 g/mol. The molecular formula is C23H21N5OS2. The van der Waals surface area contributed by atoms with Gasteiger partial charge in [0, 0.05) is 35.1 Å². The number of carbonyl (C=O) groups excluding carboxylic acids is 1. The van der Waals surface area contributed by atoms with Crippen molar-refractivity contribution in [2.24, 2.45) is 5.73 Å². The largest absolute Gasteiger partial charge is 0.356 e. The number of thiazole rings is 1. The van der Waals surface area contributed by atoms with Crippen LogP contribution in [0, 0.1) is 0 Å². The fraction of sp³-hybridized carbons (Fsp3) is 0.0870. The van der Waals surface area contributed by atoms with E-state index in [0.717, 1.165) is 28.2 Å². The second-order valence-electron chi connectivity index (χ2n) is 6.66. The summed E-state index contributed by atoms with van der Waals surface area (Å²) in [6, 6.07) is 19.5. The number of benzene rings is 2. The highest BCUT2D eigenvalue weighted by atomic mass is 32.2. The molecule has 0 saturated carbocycles. The lowest BCUT2D eigenvalue weighted by Crippen LogP contribution is -2.13. The molecule has 0 atom stereocenters. The number of nitrogens with zero attached hydrogens (tertiary/aromatic N) is 2. The number of rotatable bonds is 7. The zero-order valence-electron chi connectivity index (χ0n) is 16.8. The lowest BCUT2D eigenvalue weighted by atomic mass is 10.1. The Balaban J connectivity index is 1.48. The molecule has 0 unspecified atom stereocenters. The summed E-state index contributed by atoms with van der Waals surface area (Å²) in [4.78, 5) is 21.5. The van der Waals surface area contributed by atoms with Crippen LogP contribution in [0.5, 0.6) is 0 Å². The summed E-state index contributed by atoms with van der Waals surface area (Å²) < 4.78 is 0. The van der Waals surface area contributed by atoms with Gasteiger partial charge in [0.15, 0.2) is 5.13 Å². The Hall–Kier alpha value is -3.20. The van der Waals surface area contributed by atoms with Gasteiger partial charge < -0.3 is 11.1 Å². The number of thioether (sulfide) groups is 1. The summed E-state index contributed by atoms with van der Waals surface area (Å²) in [5.74, 6) is -0.213. The summed E-state index contributed by atoms with van der Waals surface area (Å²) >= 11 is 2.83. The van der Waals surface area contributed by atoms with Gasteiger partial charge in [-0.15, -0.1) is 23.1 Å². The van der Waals surface area contributed by atoms with Crippen LogP contribution in [-0.4, -0.2) is 22.1 Å². The molecule has 0 spiro atoms. The molecule has 0 saturated heterocycles. The Morgan fingerprint density at radius 3 is 2.71 bits per heavy atom. The van der Waals surface area contributed by atoms with E-state index in [-0.39, 0.29) is 5.91 Å². The smallest absolute Gasteiger partial charge is 0.260 e. The number of amides is 1. The van der Waals surface area contributed by atoms with Gasteiger partial charge in [-0.05, 0) is 48.2 Å². The molecule has 0 bridgehead atoms. The molecule has 31 heavy (non-hydrogen) atoms. The quantitative estimate of drug-likeness (QED) is 0.329. The summed E-state index contributed by atoms with van der Waals surface area (Å²) in [6.07, 6.45) is 3.58. The zero-order chi connectivity index (χ0) is 21.6. The predicted molar refractivity (Wildman–Crippen MR) is 129 cm³/mol. The fourth-order valence-corrected chi connectivity index (χ4v) is 4.26. The van der Waals surface area contributed by atoms with Gasteiger partial charge in [-0.3, -0.25) is 10.1 Å². The molecule has 156 valence electrons. The number of carbonyl (C=O) groups is 1. The third-order valence-electron chi connectivity index (χ3n) is 4.57. The van der Waals surface area contributed by atoms with Crippen LogP contribution >= 0.6 is 23.1 Å².